The fraction of sp³-hybridized carbons (Fsp3) is 0.115. The third-order valence-electron chi connectivity index (χ3n) is 5.41. The van der Waals surface area contributed by atoms with Crippen molar-refractivity contribution in [3.8, 4) is 0 Å². The summed E-state index contributed by atoms with van der Waals surface area (Å²) in [6.07, 6.45) is 1.36. The third kappa shape index (κ3) is 5.84. The lowest BCUT2D eigenvalue weighted by atomic mass is 10.2. The predicted molar refractivity (Wildman–Crippen MR) is 137 cm³/mol. The van der Waals surface area contributed by atoms with Gasteiger partial charge in [-0.05, 0) is 74.0 Å². The molecule has 10 heteroatoms. The van der Waals surface area contributed by atoms with Crippen molar-refractivity contribution in [2.75, 3.05) is 10.0 Å². The molecule has 0 saturated carbocycles. The van der Waals surface area contributed by atoms with E-state index in [9.17, 15) is 21.6 Å². The highest BCUT2D eigenvalue weighted by molar-refractivity contribution is 7.92. The first kappa shape index (κ1) is 25.2. The van der Waals surface area contributed by atoms with Gasteiger partial charge in [-0.25, -0.2) is 16.8 Å². The number of rotatable bonds is 8. The van der Waals surface area contributed by atoms with Crippen LogP contribution in [0.3, 0.4) is 0 Å². The molecule has 0 radical (unpaired) electrons. The SMILES string of the molecule is Cc1ccc(S(=O)(=O)Cc2cc(NC(=O)c3ccco3)ccc2NS(=O)(=O)c2ccc(C)cc2)cc1. The Kier molecular flexibility index (Phi) is 7.00. The highest BCUT2D eigenvalue weighted by Crippen LogP contribution is 2.28. The highest BCUT2D eigenvalue weighted by Gasteiger charge is 2.22. The standard InChI is InChI=1S/C26H24N2O6S2/c1-18-5-10-22(11-6-18)35(30,31)17-20-16-21(27-26(29)25-4-3-15-34-25)9-14-24(20)28-36(32,33)23-12-7-19(2)8-13-23/h3-16,28H,17H2,1-2H3,(H,27,29). The average molecular weight is 525 g/mol. The molecule has 186 valence electrons. The fourth-order valence-electron chi connectivity index (χ4n) is 3.45. The topological polar surface area (TPSA) is 123 Å². The lowest BCUT2D eigenvalue weighted by molar-refractivity contribution is 0.0996. The van der Waals surface area contributed by atoms with Crippen LogP contribution in [0.25, 0.3) is 0 Å². The number of hydrogen-bond donors (Lipinski definition) is 2. The molecule has 0 fully saturated rings. The Hall–Kier alpha value is -3.89. The molecule has 0 aliphatic heterocycles. The van der Waals surface area contributed by atoms with E-state index in [2.05, 4.69) is 10.0 Å². The van der Waals surface area contributed by atoms with Crippen LogP contribution in [0.2, 0.25) is 0 Å². The Balaban J connectivity index is 1.71. The molecule has 0 aliphatic rings. The molecule has 0 bridgehead atoms. The lowest BCUT2D eigenvalue weighted by Crippen LogP contribution is -2.16. The second kappa shape index (κ2) is 10.00. The van der Waals surface area contributed by atoms with Crippen LogP contribution in [0.1, 0.15) is 27.2 Å². The first-order valence-electron chi connectivity index (χ1n) is 10.9. The summed E-state index contributed by atoms with van der Waals surface area (Å²) in [7, 11) is -7.83. The molecule has 0 saturated heterocycles. The molecule has 1 aromatic heterocycles. The summed E-state index contributed by atoms with van der Waals surface area (Å²) >= 11 is 0. The molecule has 36 heavy (non-hydrogen) atoms. The molecule has 4 aromatic rings. The van der Waals surface area contributed by atoms with Crippen LogP contribution in [0, 0.1) is 13.8 Å². The number of sulfone groups is 1. The zero-order chi connectivity index (χ0) is 25.9. The van der Waals surface area contributed by atoms with Crippen molar-refractivity contribution in [2.24, 2.45) is 0 Å². The van der Waals surface area contributed by atoms with Crippen LogP contribution in [0.4, 0.5) is 11.4 Å². The maximum Gasteiger partial charge on any atom is 0.291 e. The van der Waals surface area contributed by atoms with E-state index >= 15 is 0 Å². The molecule has 0 atom stereocenters. The number of sulfonamides is 1. The van der Waals surface area contributed by atoms with Gasteiger partial charge in [-0.15, -0.1) is 0 Å². The Morgan fingerprint density at radius 3 is 2.00 bits per heavy atom. The van der Waals surface area contributed by atoms with Crippen LogP contribution in [-0.4, -0.2) is 22.7 Å². The number of anilines is 2. The monoisotopic (exact) mass is 524 g/mol. The van der Waals surface area contributed by atoms with Gasteiger partial charge in [-0.1, -0.05) is 35.4 Å². The number of benzene rings is 3. The lowest BCUT2D eigenvalue weighted by Gasteiger charge is -2.15. The summed E-state index contributed by atoms with van der Waals surface area (Å²) in [4.78, 5) is 12.6. The molecule has 0 aliphatic carbocycles. The van der Waals surface area contributed by atoms with Crippen molar-refractivity contribution in [3.05, 3.63) is 108 Å². The third-order valence-corrected chi connectivity index (χ3v) is 8.47. The van der Waals surface area contributed by atoms with Gasteiger partial charge in [-0.3, -0.25) is 9.52 Å². The second-order valence-electron chi connectivity index (χ2n) is 8.29. The molecule has 0 spiro atoms. The molecule has 8 nitrogen and oxygen atoms in total. The summed E-state index contributed by atoms with van der Waals surface area (Å²) in [6, 6.07) is 20.1. The molecular formula is C26H24N2O6S2. The number of carbonyl (C=O) groups excluding carboxylic acids is 1. The number of nitrogens with one attached hydrogen (secondary N) is 2. The van der Waals surface area contributed by atoms with Gasteiger partial charge in [-0.2, -0.15) is 0 Å². The Bertz CT molecular complexity index is 1590. The summed E-state index contributed by atoms with van der Waals surface area (Å²) in [5.41, 5.74) is 2.34. The minimum Gasteiger partial charge on any atom is -0.459 e. The van der Waals surface area contributed by atoms with Crippen molar-refractivity contribution in [1.82, 2.24) is 0 Å². The van der Waals surface area contributed by atoms with Gasteiger partial charge in [0.05, 0.1) is 27.5 Å². The van der Waals surface area contributed by atoms with Crippen molar-refractivity contribution in [2.45, 2.75) is 29.4 Å². The van der Waals surface area contributed by atoms with Gasteiger partial charge in [0.2, 0.25) is 0 Å². The van der Waals surface area contributed by atoms with Crippen LogP contribution in [0.5, 0.6) is 0 Å². The molecule has 1 heterocycles. The molecule has 4 rings (SSSR count). The number of aryl methyl sites for hydroxylation is 2. The second-order valence-corrected chi connectivity index (χ2v) is 12.0. The molecule has 1 amide bonds. The van der Waals surface area contributed by atoms with Crippen LogP contribution < -0.4 is 10.0 Å². The van der Waals surface area contributed by atoms with Gasteiger partial charge in [0.1, 0.15) is 0 Å². The van der Waals surface area contributed by atoms with Crippen LogP contribution in [-0.2, 0) is 25.6 Å². The normalized spacial score (nSPS) is 11.7. The van der Waals surface area contributed by atoms with Crippen molar-refractivity contribution >= 4 is 37.1 Å². The van der Waals surface area contributed by atoms with E-state index < -0.39 is 31.5 Å². The fourth-order valence-corrected chi connectivity index (χ4v) is 5.91. The van der Waals surface area contributed by atoms with E-state index in [1.54, 1.807) is 30.3 Å². The summed E-state index contributed by atoms with van der Waals surface area (Å²) < 4.78 is 60.0. The van der Waals surface area contributed by atoms with Crippen LogP contribution >= 0.6 is 0 Å². The maximum absolute atomic E-state index is 13.2. The van der Waals surface area contributed by atoms with Crippen molar-refractivity contribution in [1.29, 1.82) is 0 Å². The predicted octanol–water partition coefficient (Wildman–Crippen LogP) is 4.92. The first-order chi connectivity index (χ1) is 17.0. The van der Waals surface area contributed by atoms with E-state index in [1.165, 1.54) is 54.8 Å². The maximum atomic E-state index is 13.2. The van der Waals surface area contributed by atoms with Gasteiger partial charge >= 0.3 is 0 Å². The highest BCUT2D eigenvalue weighted by atomic mass is 32.2. The molecule has 3 aromatic carbocycles. The Labute approximate surface area is 210 Å². The Morgan fingerprint density at radius 1 is 0.806 bits per heavy atom. The van der Waals surface area contributed by atoms with Gasteiger partial charge in [0.25, 0.3) is 15.9 Å². The summed E-state index contributed by atoms with van der Waals surface area (Å²) in [5.74, 6) is -0.944. The largest absolute Gasteiger partial charge is 0.459 e. The number of amides is 1. The zero-order valence-corrected chi connectivity index (χ0v) is 21.2. The smallest absolute Gasteiger partial charge is 0.291 e. The van der Waals surface area contributed by atoms with E-state index in [-0.39, 0.29) is 32.5 Å². The first-order valence-corrected chi connectivity index (χ1v) is 14.0. The van der Waals surface area contributed by atoms with Gasteiger partial charge in [0, 0.05) is 5.69 Å². The van der Waals surface area contributed by atoms with E-state index in [4.69, 9.17) is 4.42 Å². The minimum atomic E-state index is -4.00. The molecular weight excluding hydrogens is 500 g/mol. The van der Waals surface area contributed by atoms with Crippen molar-refractivity contribution < 1.29 is 26.0 Å². The average Bonchev–Trinajstić information content (AvgIpc) is 3.36. The number of hydrogen-bond acceptors (Lipinski definition) is 6. The summed E-state index contributed by atoms with van der Waals surface area (Å²) in [6.45, 7) is 3.69. The molecule has 0 unspecified atom stereocenters. The number of carbonyl (C=O) groups is 1. The number of furan rings is 1. The van der Waals surface area contributed by atoms with E-state index in [1.807, 2.05) is 13.8 Å². The molecule has 2 N–H and O–H groups in total. The quantitative estimate of drug-likeness (QED) is 0.337. The summed E-state index contributed by atoms with van der Waals surface area (Å²) in [5, 5.41) is 2.64. The van der Waals surface area contributed by atoms with Gasteiger partial charge in [0.15, 0.2) is 15.6 Å². The van der Waals surface area contributed by atoms with Crippen LogP contribution in [0.15, 0.2) is 99.3 Å². The van der Waals surface area contributed by atoms with E-state index in [0.717, 1.165) is 11.1 Å². The van der Waals surface area contributed by atoms with Crippen molar-refractivity contribution in [3.63, 3.8) is 0 Å². The Morgan fingerprint density at radius 2 is 1.42 bits per heavy atom. The van der Waals surface area contributed by atoms with E-state index in [0.29, 0.717) is 0 Å². The van der Waals surface area contributed by atoms with Gasteiger partial charge < -0.3 is 9.73 Å². The minimum absolute atomic E-state index is 0.0376. The zero-order valence-electron chi connectivity index (χ0n) is 19.6.